The summed E-state index contributed by atoms with van der Waals surface area (Å²) in [6.07, 6.45) is 2.68. The van der Waals surface area contributed by atoms with Crippen molar-refractivity contribution in [3.05, 3.63) is 28.2 Å². The van der Waals surface area contributed by atoms with Crippen molar-refractivity contribution in [3.63, 3.8) is 0 Å². The van der Waals surface area contributed by atoms with E-state index in [-0.39, 0.29) is 5.97 Å². The Balaban J connectivity index is 1.61. The smallest absolute Gasteiger partial charge is 0.310 e. The molecule has 2 aliphatic heterocycles. The molecule has 25 heavy (non-hydrogen) atoms. The fourth-order valence-corrected chi connectivity index (χ4v) is 4.20. The third-order valence-corrected chi connectivity index (χ3v) is 5.70. The lowest BCUT2D eigenvalue weighted by molar-refractivity contribution is -0.142. The molecule has 0 spiro atoms. The molecule has 5 nitrogen and oxygen atoms in total. The van der Waals surface area contributed by atoms with Crippen molar-refractivity contribution in [2.45, 2.75) is 32.2 Å². The van der Waals surface area contributed by atoms with Gasteiger partial charge in [0.25, 0.3) is 0 Å². The average molecular weight is 411 g/mol. The van der Waals surface area contributed by atoms with Crippen molar-refractivity contribution in [2.24, 2.45) is 0 Å². The van der Waals surface area contributed by atoms with Crippen LogP contribution in [0.15, 0.2) is 22.7 Å². The molecule has 2 heterocycles. The minimum atomic E-state index is -0.165. The van der Waals surface area contributed by atoms with Crippen LogP contribution in [0.5, 0.6) is 0 Å². The van der Waals surface area contributed by atoms with E-state index < -0.39 is 0 Å². The summed E-state index contributed by atoms with van der Waals surface area (Å²) in [6, 6.07) is 6.82. The molecule has 0 aromatic heterocycles. The van der Waals surface area contributed by atoms with E-state index in [1.165, 1.54) is 18.5 Å². The molecule has 0 radical (unpaired) electrons. The largest absolute Gasteiger partial charge is 0.466 e. The van der Waals surface area contributed by atoms with Gasteiger partial charge < -0.3 is 14.4 Å². The van der Waals surface area contributed by atoms with Gasteiger partial charge in [0, 0.05) is 36.7 Å². The molecule has 0 aliphatic carbocycles. The van der Waals surface area contributed by atoms with Crippen LogP contribution in [0.3, 0.4) is 0 Å². The number of benzene rings is 1. The van der Waals surface area contributed by atoms with Crippen molar-refractivity contribution in [1.29, 1.82) is 0 Å². The third-order valence-electron chi connectivity index (χ3n) is 5.03. The Kier molecular flexibility index (Phi) is 6.73. The molecule has 138 valence electrons. The summed E-state index contributed by atoms with van der Waals surface area (Å²) in [5.74, 6) is -0.165. The second-order valence-electron chi connectivity index (χ2n) is 6.63. The number of nitrogens with zero attached hydrogens (tertiary/aromatic N) is 2. The number of piperidine rings is 1. The summed E-state index contributed by atoms with van der Waals surface area (Å²) >= 11 is 3.67. The zero-order valence-electron chi connectivity index (χ0n) is 14.9. The highest BCUT2D eigenvalue weighted by atomic mass is 79.9. The fourth-order valence-electron chi connectivity index (χ4n) is 3.70. The van der Waals surface area contributed by atoms with Crippen LogP contribution in [0.2, 0.25) is 0 Å². The number of anilines is 1. The average Bonchev–Trinajstić information content (AvgIpc) is 2.64. The summed E-state index contributed by atoms with van der Waals surface area (Å²) in [5, 5.41) is 0. The van der Waals surface area contributed by atoms with Crippen molar-refractivity contribution in [3.8, 4) is 0 Å². The zero-order valence-corrected chi connectivity index (χ0v) is 16.5. The number of halogens is 1. The maximum atomic E-state index is 11.7. The molecule has 2 saturated heterocycles. The summed E-state index contributed by atoms with van der Waals surface area (Å²) in [5.41, 5.74) is 2.19. The fraction of sp³-hybridized carbons (Fsp3) is 0.632. The van der Waals surface area contributed by atoms with E-state index >= 15 is 0 Å². The first-order chi connectivity index (χ1) is 12.2. The molecule has 2 aliphatic rings. The number of rotatable bonds is 5. The molecule has 0 saturated carbocycles. The molecule has 1 aromatic carbocycles. The predicted octanol–water partition coefficient (Wildman–Crippen LogP) is 2.86. The van der Waals surface area contributed by atoms with Crippen LogP contribution in [-0.2, 0) is 20.7 Å². The molecule has 1 aromatic rings. The van der Waals surface area contributed by atoms with Gasteiger partial charge in [-0.2, -0.15) is 0 Å². The molecule has 0 bridgehead atoms. The van der Waals surface area contributed by atoms with Gasteiger partial charge in [-0.05, 0) is 53.4 Å². The van der Waals surface area contributed by atoms with Gasteiger partial charge in [0.15, 0.2) is 0 Å². The third kappa shape index (κ3) is 4.96. The molecule has 3 rings (SSSR count). The molecule has 0 N–H and O–H groups in total. The number of carbonyl (C=O) groups excluding carboxylic acids is 1. The second-order valence-corrected chi connectivity index (χ2v) is 7.49. The first-order valence-electron chi connectivity index (χ1n) is 9.18. The number of carbonyl (C=O) groups is 1. The zero-order chi connectivity index (χ0) is 17.6. The van der Waals surface area contributed by atoms with Gasteiger partial charge in [0.1, 0.15) is 0 Å². The van der Waals surface area contributed by atoms with Crippen LogP contribution in [0, 0.1) is 0 Å². The Morgan fingerprint density at radius 1 is 1.24 bits per heavy atom. The molecular formula is C19H27BrN2O3. The quantitative estimate of drug-likeness (QED) is 0.698. The number of hydrogen-bond acceptors (Lipinski definition) is 5. The molecule has 2 fully saturated rings. The van der Waals surface area contributed by atoms with E-state index in [1.807, 2.05) is 19.1 Å². The van der Waals surface area contributed by atoms with E-state index in [4.69, 9.17) is 9.47 Å². The number of morpholine rings is 1. The van der Waals surface area contributed by atoms with E-state index in [2.05, 4.69) is 31.8 Å². The molecule has 0 amide bonds. The molecule has 6 heteroatoms. The van der Waals surface area contributed by atoms with Crippen LogP contribution < -0.4 is 4.90 Å². The van der Waals surface area contributed by atoms with E-state index in [0.717, 1.165) is 49.4 Å². The summed E-state index contributed by atoms with van der Waals surface area (Å²) < 4.78 is 11.6. The Labute approximate surface area is 158 Å². The van der Waals surface area contributed by atoms with E-state index in [9.17, 15) is 4.79 Å². The van der Waals surface area contributed by atoms with Crippen LogP contribution >= 0.6 is 15.9 Å². The molecule has 0 atom stereocenters. The van der Waals surface area contributed by atoms with Crippen LogP contribution in [-0.4, -0.2) is 62.9 Å². The van der Waals surface area contributed by atoms with Gasteiger partial charge in [-0.25, -0.2) is 0 Å². The summed E-state index contributed by atoms with van der Waals surface area (Å²) in [4.78, 5) is 16.7. The highest BCUT2D eigenvalue weighted by molar-refractivity contribution is 9.10. The minimum Gasteiger partial charge on any atom is -0.466 e. The first kappa shape index (κ1) is 18.7. The Morgan fingerprint density at radius 2 is 1.96 bits per heavy atom. The van der Waals surface area contributed by atoms with Gasteiger partial charge in [-0.3, -0.25) is 9.69 Å². The Morgan fingerprint density at radius 3 is 2.64 bits per heavy atom. The van der Waals surface area contributed by atoms with Crippen molar-refractivity contribution < 1.29 is 14.3 Å². The predicted molar refractivity (Wildman–Crippen MR) is 102 cm³/mol. The second kappa shape index (κ2) is 9.01. The molecular weight excluding hydrogens is 384 g/mol. The maximum Gasteiger partial charge on any atom is 0.310 e. The number of esters is 1. The topological polar surface area (TPSA) is 42.0 Å². The van der Waals surface area contributed by atoms with Crippen LogP contribution in [0.4, 0.5) is 5.69 Å². The SMILES string of the molecule is CCOC(=O)Cc1ccc(Br)c(N2CCC(N3CCOCC3)CC2)c1. The first-order valence-corrected chi connectivity index (χ1v) is 9.97. The van der Waals surface area contributed by atoms with Gasteiger partial charge in [-0.15, -0.1) is 0 Å². The Hall–Kier alpha value is -1.11. The van der Waals surface area contributed by atoms with Gasteiger partial charge >= 0.3 is 5.97 Å². The van der Waals surface area contributed by atoms with Crippen molar-refractivity contribution in [1.82, 2.24) is 4.90 Å². The summed E-state index contributed by atoms with van der Waals surface area (Å²) in [6.45, 7) is 8.20. The highest BCUT2D eigenvalue weighted by Gasteiger charge is 2.26. The van der Waals surface area contributed by atoms with E-state index in [1.54, 1.807) is 0 Å². The Bertz CT molecular complexity index is 582. The lowest BCUT2D eigenvalue weighted by atomic mass is 10.0. The number of ether oxygens (including phenoxy) is 2. The standard InChI is InChI=1S/C19H27BrN2O3/c1-2-25-19(23)14-15-3-4-17(20)18(13-15)22-7-5-16(6-8-22)21-9-11-24-12-10-21/h3-4,13,16H,2,5-12,14H2,1H3. The van der Waals surface area contributed by atoms with Crippen molar-refractivity contribution >= 4 is 27.6 Å². The van der Waals surface area contributed by atoms with Crippen LogP contribution in [0.1, 0.15) is 25.3 Å². The summed E-state index contributed by atoms with van der Waals surface area (Å²) in [7, 11) is 0. The van der Waals surface area contributed by atoms with Crippen LogP contribution in [0.25, 0.3) is 0 Å². The number of hydrogen-bond donors (Lipinski definition) is 0. The highest BCUT2D eigenvalue weighted by Crippen LogP contribution is 2.31. The van der Waals surface area contributed by atoms with E-state index in [0.29, 0.717) is 19.1 Å². The van der Waals surface area contributed by atoms with Crippen molar-refractivity contribution in [2.75, 3.05) is 50.9 Å². The lowest BCUT2D eigenvalue weighted by Gasteiger charge is -2.41. The molecule has 0 unspecified atom stereocenters. The maximum absolute atomic E-state index is 11.7. The monoisotopic (exact) mass is 410 g/mol. The van der Waals surface area contributed by atoms with Gasteiger partial charge in [-0.1, -0.05) is 6.07 Å². The lowest BCUT2D eigenvalue weighted by Crippen LogP contribution is -2.49. The van der Waals surface area contributed by atoms with Gasteiger partial charge in [0.05, 0.1) is 31.9 Å². The van der Waals surface area contributed by atoms with Gasteiger partial charge in [0.2, 0.25) is 0 Å². The normalized spacial score (nSPS) is 19.8. The minimum absolute atomic E-state index is 0.165.